The van der Waals surface area contributed by atoms with Gasteiger partial charge in [-0.1, -0.05) is 47.6 Å². The first-order valence-corrected chi connectivity index (χ1v) is 11.7. The highest BCUT2D eigenvalue weighted by Crippen LogP contribution is 2.31. The summed E-state index contributed by atoms with van der Waals surface area (Å²) in [7, 11) is 0. The van der Waals surface area contributed by atoms with Crippen LogP contribution in [0.5, 0.6) is 0 Å². The Morgan fingerprint density at radius 2 is 1.72 bits per heavy atom. The second-order valence-corrected chi connectivity index (χ2v) is 8.83. The van der Waals surface area contributed by atoms with Crippen molar-refractivity contribution in [2.24, 2.45) is 0 Å². The van der Waals surface area contributed by atoms with Gasteiger partial charge < -0.3 is 5.32 Å². The lowest BCUT2D eigenvalue weighted by Gasteiger charge is -2.12. The Labute approximate surface area is 211 Å². The van der Waals surface area contributed by atoms with E-state index >= 15 is 0 Å². The number of carbonyl (C=O) groups is 1. The number of nitrogens with one attached hydrogen (secondary N) is 1. The van der Waals surface area contributed by atoms with E-state index in [1.165, 1.54) is 47.0 Å². The number of carbonyl (C=O) groups excluding carboxylic acids is 1. The largest absolute Gasteiger partial charge is 0.416 e. The lowest BCUT2D eigenvalue weighted by atomic mass is 10.1. The van der Waals surface area contributed by atoms with Crippen molar-refractivity contribution in [3.05, 3.63) is 106 Å². The predicted molar refractivity (Wildman–Crippen MR) is 125 cm³/mol. The van der Waals surface area contributed by atoms with Gasteiger partial charge in [0.25, 0.3) is 5.91 Å². The van der Waals surface area contributed by atoms with Crippen LogP contribution in [0.25, 0.3) is 5.69 Å². The third-order valence-corrected chi connectivity index (χ3v) is 6.32. The van der Waals surface area contributed by atoms with Crippen molar-refractivity contribution in [1.82, 2.24) is 20.1 Å². The molecule has 0 unspecified atom stereocenters. The fourth-order valence-corrected chi connectivity index (χ4v) is 4.47. The van der Waals surface area contributed by atoms with E-state index in [1.807, 2.05) is 0 Å². The predicted octanol–water partition coefficient (Wildman–Crippen LogP) is 6.44. The van der Waals surface area contributed by atoms with Gasteiger partial charge in [-0.05, 0) is 48.0 Å². The Morgan fingerprint density at radius 3 is 2.42 bits per heavy atom. The van der Waals surface area contributed by atoms with Gasteiger partial charge in [-0.2, -0.15) is 13.2 Å². The molecule has 0 spiro atoms. The topological polar surface area (TPSA) is 59.8 Å². The summed E-state index contributed by atoms with van der Waals surface area (Å²) in [5, 5.41) is 10.9. The zero-order valence-electron chi connectivity index (χ0n) is 18.2. The molecule has 0 aliphatic carbocycles. The molecule has 5 nitrogen and oxygen atoms in total. The number of hydrogen-bond donors (Lipinski definition) is 1. The van der Waals surface area contributed by atoms with Crippen molar-refractivity contribution >= 4 is 29.3 Å². The Hall–Kier alpha value is -3.44. The van der Waals surface area contributed by atoms with Crippen LogP contribution in [0.4, 0.5) is 22.0 Å². The van der Waals surface area contributed by atoms with Crippen LogP contribution in [0.2, 0.25) is 5.02 Å². The maximum absolute atomic E-state index is 14.1. The average molecular weight is 539 g/mol. The Kier molecular flexibility index (Phi) is 7.60. The molecule has 0 aliphatic heterocycles. The quantitative estimate of drug-likeness (QED) is 0.217. The van der Waals surface area contributed by atoms with E-state index in [0.29, 0.717) is 16.4 Å². The molecule has 0 radical (unpaired) electrons. The molecule has 0 aliphatic rings. The molecule has 1 heterocycles. The molecule has 186 valence electrons. The van der Waals surface area contributed by atoms with Gasteiger partial charge in [0.1, 0.15) is 11.6 Å². The van der Waals surface area contributed by atoms with Gasteiger partial charge in [0.15, 0.2) is 11.0 Å². The SMILES string of the molecule is O=C(NCc1nnc(SCc2cccc(C(F)(F)F)c2)n1-c1ccc(F)cc1)c1c(F)cccc1Cl. The monoisotopic (exact) mass is 538 g/mol. The number of benzene rings is 3. The summed E-state index contributed by atoms with van der Waals surface area (Å²) < 4.78 is 68.3. The number of halogens is 6. The number of alkyl halides is 3. The highest BCUT2D eigenvalue weighted by Gasteiger charge is 2.30. The van der Waals surface area contributed by atoms with E-state index in [4.69, 9.17) is 11.6 Å². The first-order valence-electron chi connectivity index (χ1n) is 10.3. The molecule has 0 fully saturated rings. The third-order valence-electron chi connectivity index (χ3n) is 5.00. The van der Waals surface area contributed by atoms with E-state index < -0.39 is 29.3 Å². The number of hydrogen-bond acceptors (Lipinski definition) is 4. The Balaban J connectivity index is 1.59. The molecular formula is C24H16ClF5N4OS. The minimum absolute atomic E-state index is 0.0650. The van der Waals surface area contributed by atoms with Crippen molar-refractivity contribution in [2.75, 3.05) is 0 Å². The van der Waals surface area contributed by atoms with Crippen molar-refractivity contribution in [3.63, 3.8) is 0 Å². The Morgan fingerprint density at radius 1 is 1.00 bits per heavy atom. The fraction of sp³-hybridized carbons (Fsp3) is 0.125. The van der Waals surface area contributed by atoms with E-state index in [9.17, 15) is 26.7 Å². The average Bonchev–Trinajstić information content (AvgIpc) is 3.24. The highest BCUT2D eigenvalue weighted by atomic mass is 35.5. The second kappa shape index (κ2) is 10.7. The standard InChI is InChI=1S/C24H16ClF5N4OS/c25-18-5-2-6-19(27)21(18)22(35)31-12-20-32-33-23(34(20)17-9-7-16(26)8-10-17)36-13-14-3-1-4-15(11-14)24(28,29)30/h1-11H,12-13H2,(H,31,35). The van der Waals surface area contributed by atoms with Crippen LogP contribution < -0.4 is 5.32 Å². The summed E-state index contributed by atoms with van der Waals surface area (Å²) >= 11 is 7.06. The molecule has 4 aromatic rings. The smallest absolute Gasteiger partial charge is 0.345 e. The third kappa shape index (κ3) is 5.85. The molecule has 0 bridgehead atoms. The minimum Gasteiger partial charge on any atom is -0.345 e. The summed E-state index contributed by atoms with van der Waals surface area (Å²) in [4.78, 5) is 12.5. The van der Waals surface area contributed by atoms with Crippen LogP contribution in [0.3, 0.4) is 0 Å². The molecular weight excluding hydrogens is 523 g/mol. The van der Waals surface area contributed by atoms with E-state index in [-0.39, 0.29) is 28.7 Å². The molecule has 1 N–H and O–H groups in total. The van der Waals surface area contributed by atoms with Crippen LogP contribution in [-0.2, 0) is 18.5 Å². The highest BCUT2D eigenvalue weighted by molar-refractivity contribution is 7.98. The molecule has 3 aromatic carbocycles. The van der Waals surface area contributed by atoms with Crippen LogP contribution in [0, 0.1) is 11.6 Å². The molecule has 12 heteroatoms. The van der Waals surface area contributed by atoms with E-state index in [1.54, 1.807) is 6.07 Å². The van der Waals surface area contributed by atoms with Crippen molar-refractivity contribution in [3.8, 4) is 5.69 Å². The molecule has 1 aromatic heterocycles. The van der Waals surface area contributed by atoms with Crippen LogP contribution >= 0.6 is 23.4 Å². The summed E-state index contributed by atoms with van der Waals surface area (Å²) in [5.74, 6) is -1.68. The van der Waals surface area contributed by atoms with E-state index in [0.717, 1.165) is 30.0 Å². The summed E-state index contributed by atoms with van der Waals surface area (Å²) in [6.07, 6.45) is -4.47. The van der Waals surface area contributed by atoms with Gasteiger partial charge in [0.05, 0.1) is 22.7 Å². The maximum Gasteiger partial charge on any atom is 0.416 e. The van der Waals surface area contributed by atoms with Crippen LogP contribution in [0.15, 0.2) is 71.9 Å². The fourth-order valence-electron chi connectivity index (χ4n) is 3.31. The second-order valence-electron chi connectivity index (χ2n) is 7.48. The van der Waals surface area contributed by atoms with Crippen LogP contribution in [0.1, 0.15) is 27.3 Å². The summed E-state index contributed by atoms with van der Waals surface area (Å²) in [6, 6.07) is 14.1. The Bertz CT molecular complexity index is 1370. The van der Waals surface area contributed by atoms with Crippen molar-refractivity contribution < 1.29 is 26.7 Å². The van der Waals surface area contributed by atoms with Gasteiger partial charge >= 0.3 is 6.18 Å². The number of rotatable bonds is 7. The number of nitrogens with zero attached hydrogens (tertiary/aromatic N) is 3. The van der Waals surface area contributed by atoms with Crippen LogP contribution in [-0.4, -0.2) is 20.7 Å². The zero-order chi connectivity index (χ0) is 25.9. The summed E-state index contributed by atoms with van der Waals surface area (Å²) in [5.41, 5.74) is -0.226. The van der Waals surface area contributed by atoms with Gasteiger partial charge in [-0.3, -0.25) is 9.36 Å². The zero-order valence-corrected chi connectivity index (χ0v) is 19.8. The molecule has 36 heavy (non-hydrogen) atoms. The lowest BCUT2D eigenvalue weighted by Crippen LogP contribution is -2.26. The normalized spacial score (nSPS) is 11.5. The minimum atomic E-state index is -4.47. The van der Waals surface area contributed by atoms with Gasteiger partial charge in [0, 0.05) is 11.4 Å². The molecule has 0 atom stereocenters. The molecule has 4 rings (SSSR count). The van der Waals surface area contributed by atoms with Gasteiger partial charge in [0.2, 0.25) is 0 Å². The number of aromatic nitrogens is 3. The molecule has 0 saturated heterocycles. The molecule has 1 amide bonds. The van der Waals surface area contributed by atoms with Crippen molar-refractivity contribution in [1.29, 1.82) is 0 Å². The number of thioether (sulfide) groups is 1. The number of amides is 1. The van der Waals surface area contributed by atoms with Gasteiger partial charge in [-0.15, -0.1) is 10.2 Å². The summed E-state index contributed by atoms with van der Waals surface area (Å²) in [6.45, 7) is -0.183. The van der Waals surface area contributed by atoms with Gasteiger partial charge in [-0.25, -0.2) is 8.78 Å². The molecule has 0 saturated carbocycles. The van der Waals surface area contributed by atoms with Crippen molar-refractivity contribution in [2.45, 2.75) is 23.6 Å². The first kappa shape index (κ1) is 25.6. The van der Waals surface area contributed by atoms with E-state index in [2.05, 4.69) is 15.5 Å². The maximum atomic E-state index is 14.1. The first-order chi connectivity index (χ1) is 17.1. The lowest BCUT2D eigenvalue weighted by molar-refractivity contribution is -0.137.